The molecular weight excluding hydrogens is 578 g/mol. The molecule has 0 atom stereocenters. The molecule has 0 unspecified atom stereocenters. The molecule has 4 rings (SSSR count). The van der Waals surface area contributed by atoms with Crippen LogP contribution in [0.2, 0.25) is 0 Å². The van der Waals surface area contributed by atoms with Crippen LogP contribution in [0.5, 0.6) is 0 Å². The number of thiophene rings is 1. The third kappa shape index (κ3) is 6.42. The minimum Gasteiger partial charge on any atom is -0.512 e. The first kappa shape index (κ1) is 23.6. The number of pyridine rings is 1. The molecule has 0 aliphatic heterocycles. The Morgan fingerprint density at radius 3 is 2.43 bits per heavy atom. The summed E-state index contributed by atoms with van der Waals surface area (Å²) in [7, 11) is 0. The van der Waals surface area contributed by atoms with Crippen molar-refractivity contribution in [3.63, 3.8) is 0 Å². The first-order chi connectivity index (χ1) is 13.9. The molecule has 0 saturated carbocycles. The van der Waals surface area contributed by atoms with E-state index in [1.54, 1.807) is 23.5 Å². The van der Waals surface area contributed by atoms with Crippen LogP contribution in [0.25, 0.3) is 31.8 Å². The Morgan fingerprint density at radius 2 is 1.87 bits per heavy atom. The number of rotatable bonds is 3. The fourth-order valence-electron chi connectivity index (χ4n) is 2.70. The van der Waals surface area contributed by atoms with Gasteiger partial charge >= 0.3 is 0 Å². The first-order valence-corrected chi connectivity index (χ1v) is 9.74. The van der Waals surface area contributed by atoms with Gasteiger partial charge in [-0.2, -0.15) is 0 Å². The molecule has 6 heteroatoms. The maximum absolute atomic E-state index is 13.0. The van der Waals surface area contributed by atoms with Crippen molar-refractivity contribution in [3.05, 3.63) is 90.6 Å². The van der Waals surface area contributed by atoms with E-state index < -0.39 is 0 Å². The van der Waals surface area contributed by atoms with Crippen LogP contribution in [0, 0.1) is 11.9 Å². The third-order valence-electron chi connectivity index (χ3n) is 3.93. The number of hydrogen-bond donors (Lipinski definition) is 1. The van der Waals surface area contributed by atoms with Gasteiger partial charge in [-0.15, -0.1) is 47.2 Å². The fraction of sp³-hybridized carbons (Fsp3) is 0.0833. The number of carbonyl (C=O) groups excluding carboxylic acids is 1. The topological polar surface area (TPSA) is 50.2 Å². The van der Waals surface area contributed by atoms with Gasteiger partial charge in [0.2, 0.25) is 0 Å². The molecule has 0 fully saturated rings. The standard InChI is InChI=1S/C19H11FNS.C5H8O2.Ir/c20-16-8-6-14(7-9-16)18-11-15-10-17(21-12-19(15)22-18)13-4-2-1-3-5-13;1-4(6)3-5(2)7;/h1-4,6-12H;3,6H,1-2H3;/q-1;;/b;4-3-;. The number of aromatic nitrogens is 1. The molecule has 0 bridgehead atoms. The van der Waals surface area contributed by atoms with E-state index >= 15 is 0 Å². The van der Waals surface area contributed by atoms with E-state index in [-0.39, 0.29) is 37.5 Å². The van der Waals surface area contributed by atoms with Crippen LogP contribution in [0.1, 0.15) is 13.8 Å². The van der Waals surface area contributed by atoms with Gasteiger partial charge < -0.3 is 10.1 Å². The number of hydrogen-bond acceptors (Lipinski definition) is 4. The molecule has 0 aliphatic rings. The van der Waals surface area contributed by atoms with Crippen molar-refractivity contribution in [2.24, 2.45) is 0 Å². The predicted molar refractivity (Wildman–Crippen MR) is 116 cm³/mol. The summed E-state index contributed by atoms with van der Waals surface area (Å²) in [6.07, 6.45) is 3.06. The van der Waals surface area contributed by atoms with E-state index in [9.17, 15) is 9.18 Å². The zero-order chi connectivity index (χ0) is 20.8. The predicted octanol–water partition coefficient (Wildman–Crippen LogP) is 6.60. The van der Waals surface area contributed by atoms with Crippen LogP contribution < -0.4 is 0 Å². The summed E-state index contributed by atoms with van der Waals surface area (Å²) in [4.78, 5) is 15.7. The van der Waals surface area contributed by atoms with Crippen molar-refractivity contribution in [3.8, 4) is 21.7 Å². The van der Waals surface area contributed by atoms with Crippen LogP contribution in [0.3, 0.4) is 0 Å². The van der Waals surface area contributed by atoms with Gasteiger partial charge in [0.1, 0.15) is 5.82 Å². The quantitative estimate of drug-likeness (QED) is 0.165. The summed E-state index contributed by atoms with van der Waals surface area (Å²) >= 11 is 1.66. The van der Waals surface area contributed by atoms with Gasteiger partial charge in [-0.1, -0.05) is 18.2 Å². The van der Waals surface area contributed by atoms with Crippen LogP contribution in [-0.4, -0.2) is 15.9 Å². The molecule has 1 radical (unpaired) electrons. The Bertz CT molecular complexity index is 1150. The number of halogens is 1. The van der Waals surface area contributed by atoms with E-state index in [1.165, 1.54) is 32.1 Å². The monoisotopic (exact) mass is 597 g/mol. The van der Waals surface area contributed by atoms with Gasteiger partial charge in [-0.25, -0.2) is 4.39 Å². The van der Waals surface area contributed by atoms with Crippen molar-refractivity contribution >= 4 is 27.2 Å². The van der Waals surface area contributed by atoms with Gasteiger partial charge in [0, 0.05) is 37.3 Å². The summed E-state index contributed by atoms with van der Waals surface area (Å²) in [5.74, 6) is -0.277. The van der Waals surface area contributed by atoms with Crippen LogP contribution in [-0.2, 0) is 24.9 Å². The Labute approximate surface area is 192 Å². The molecule has 0 amide bonds. The molecule has 4 aromatic rings. The number of nitrogens with zero attached hydrogens (tertiary/aromatic N) is 1. The zero-order valence-corrected chi connectivity index (χ0v) is 19.6. The van der Waals surface area contributed by atoms with Crippen molar-refractivity contribution < 1.29 is 34.4 Å². The van der Waals surface area contributed by atoms with E-state index in [0.29, 0.717) is 0 Å². The molecule has 0 spiro atoms. The maximum atomic E-state index is 13.0. The summed E-state index contributed by atoms with van der Waals surface area (Å²) in [5.41, 5.74) is 2.92. The summed E-state index contributed by atoms with van der Waals surface area (Å²) in [5, 5.41) is 9.51. The Balaban J connectivity index is 0.000000350. The van der Waals surface area contributed by atoms with Gasteiger partial charge in [0.05, 0.1) is 10.5 Å². The number of carbonyl (C=O) groups is 1. The summed E-state index contributed by atoms with van der Waals surface area (Å²) in [6.45, 7) is 2.85. The molecule has 2 aromatic carbocycles. The average Bonchev–Trinajstić information content (AvgIpc) is 3.12. The Kier molecular flexibility index (Phi) is 8.60. The van der Waals surface area contributed by atoms with Gasteiger partial charge in [0.25, 0.3) is 0 Å². The Morgan fingerprint density at radius 1 is 1.13 bits per heavy atom. The minimum atomic E-state index is -0.214. The number of benzene rings is 2. The normalized spacial score (nSPS) is 10.7. The molecule has 2 heterocycles. The average molecular weight is 597 g/mol. The number of fused-ring (bicyclic) bond motifs is 1. The molecular formula is C24H19FIrNO2S-. The molecule has 155 valence electrons. The van der Waals surface area contributed by atoms with Gasteiger partial charge in [-0.05, 0) is 48.7 Å². The smallest absolute Gasteiger partial charge is 0.155 e. The van der Waals surface area contributed by atoms with Crippen molar-refractivity contribution in [1.29, 1.82) is 0 Å². The fourth-order valence-corrected chi connectivity index (χ4v) is 3.71. The minimum absolute atomic E-state index is 0. The maximum Gasteiger partial charge on any atom is 0.155 e. The number of aliphatic hydroxyl groups is 1. The second-order valence-electron chi connectivity index (χ2n) is 6.40. The summed E-state index contributed by atoms with van der Waals surface area (Å²) < 4.78 is 14.2. The number of aliphatic hydroxyl groups excluding tert-OH is 1. The molecule has 0 saturated heterocycles. The molecule has 0 aliphatic carbocycles. The molecule has 3 nitrogen and oxygen atoms in total. The van der Waals surface area contributed by atoms with Crippen molar-refractivity contribution in [2.45, 2.75) is 13.8 Å². The second-order valence-corrected chi connectivity index (χ2v) is 7.48. The first-order valence-electron chi connectivity index (χ1n) is 8.93. The van der Waals surface area contributed by atoms with Crippen LogP contribution in [0.4, 0.5) is 4.39 Å². The van der Waals surface area contributed by atoms with Crippen molar-refractivity contribution in [2.75, 3.05) is 0 Å². The van der Waals surface area contributed by atoms with E-state index in [1.807, 2.05) is 30.5 Å². The van der Waals surface area contributed by atoms with E-state index in [2.05, 4.69) is 23.2 Å². The van der Waals surface area contributed by atoms with Gasteiger partial charge in [-0.3, -0.25) is 4.79 Å². The zero-order valence-electron chi connectivity index (χ0n) is 16.4. The molecule has 30 heavy (non-hydrogen) atoms. The van der Waals surface area contributed by atoms with Crippen molar-refractivity contribution in [1.82, 2.24) is 4.98 Å². The number of ketones is 1. The van der Waals surface area contributed by atoms with E-state index in [4.69, 9.17) is 5.11 Å². The van der Waals surface area contributed by atoms with E-state index in [0.717, 1.165) is 31.8 Å². The van der Waals surface area contributed by atoms with Crippen LogP contribution in [0.15, 0.2) is 78.7 Å². The van der Waals surface area contributed by atoms with Crippen LogP contribution >= 0.6 is 11.3 Å². The molecule has 2 aromatic heterocycles. The Hall–Kier alpha value is -2.66. The largest absolute Gasteiger partial charge is 0.512 e. The second kappa shape index (κ2) is 10.9. The number of allylic oxidation sites excluding steroid dienone is 2. The third-order valence-corrected chi connectivity index (χ3v) is 5.06. The molecule has 1 N–H and O–H groups in total. The summed E-state index contributed by atoms with van der Waals surface area (Å²) in [6, 6.07) is 21.8. The SMILES string of the molecule is CC(=O)/C=C(/C)O.Fc1ccc(-c2cc3cc(-c4[c-]cccc4)ncc3s2)cc1.[Ir]. The van der Waals surface area contributed by atoms with Gasteiger partial charge in [0.15, 0.2) is 5.78 Å².